The second-order valence-corrected chi connectivity index (χ2v) is 6.54. The van der Waals surface area contributed by atoms with Crippen molar-refractivity contribution in [2.45, 2.75) is 50.8 Å². The van der Waals surface area contributed by atoms with Crippen LogP contribution in [0.5, 0.6) is 0 Å². The summed E-state index contributed by atoms with van der Waals surface area (Å²) in [5.74, 6) is -0.229. The quantitative estimate of drug-likeness (QED) is 0.799. The standard InChI is InChI=1S/C17H21N3O2/c1-11-16(15-5-3-4-8-20(15)18-11)17(21)22-14-9-12-6-7-13(10-14)19(12)2/h3-5,8,12-14H,6-7,9-10H2,1-2H3/t12-,13+,14+. The van der Waals surface area contributed by atoms with E-state index in [1.807, 2.05) is 31.3 Å². The molecule has 22 heavy (non-hydrogen) atoms. The van der Waals surface area contributed by atoms with Gasteiger partial charge < -0.3 is 9.64 Å². The average Bonchev–Trinajstić information content (AvgIpc) is 2.90. The molecule has 2 saturated heterocycles. The highest BCUT2D eigenvalue weighted by Gasteiger charge is 2.40. The van der Waals surface area contributed by atoms with Crippen LogP contribution in [0.25, 0.3) is 5.52 Å². The molecule has 5 heteroatoms. The molecule has 0 saturated carbocycles. The van der Waals surface area contributed by atoms with Crippen molar-refractivity contribution in [3.05, 3.63) is 35.7 Å². The van der Waals surface area contributed by atoms with Gasteiger partial charge in [-0.2, -0.15) is 5.10 Å². The fourth-order valence-electron chi connectivity index (χ4n) is 4.04. The van der Waals surface area contributed by atoms with E-state index in [0.717, 1.165) is 24.1 Å². The maximum atomic E-state index is 12.6. The van der Waals surface area contributed by atoms with E-state index in [2.05, 4.69) is 17.0 Å². The highest BCUT2D eigenvalue weighted by atomic mass is 16.5. The second-order valence-electron chi connectivity index (χ2n) is 6.54. The summed E-state index contributed by atoms with van der Waals surface area (Å²) in [5, 5.41) is 4.39. The molecule has 2 aromatic rings. The first kappa shape index (κ1) is 13.8. The van der Waals surface area contributed by atoms with E-state index >= 15 is 0 Å². The molecular formula is C17H21N3O2. The van der Waals surface area contributed by atoms with Crippen molar-refractivity contribution in [3.63, 3.8) is 0 Å². The van der Waals surface area contributed by atoms with E-state index in [0.29, 0.717) is 17.6 Å². The number of aromatic nitrogens is 2. The number of pyridine rings is 1. The van der Waals surface area contributed by atoms with Gasteiger partial charge in [0.2, 0.25) is 0 Å². The summed E-state index contributed by atoms with van der Waals surface area (Å²) in [5.41, 5.74) is 2.15. The smallest absolute Gasteiger partial charge is 0.342 e. The predicted octanol–water partition coefficient (Wildman–Crippen LogP) is 2.42. The molecular weight excluding hydrogens is 278 g/mol. The second kappa shape index (κ2) is 5.09. The zero-order chi connectivity index (χ0) is 15.3. The Bertz CT molecular complexity index is 710. The van der Waals surface area contributed by atoms with Crippen LogP contribution in [-0.2, 0) is 4.74 Å². The van der Waals surface area contributed by atoms with Crippen LogP contribution in [0.2, 0.25) is 0 Å². The van der Waals surface area contributed by atoms with Crippen molar-refractivity contribution in [2.75, 3.05) is 7.05 Å². The lowest BCUT2D eigenvalue weighted by molar-refractivity contribution is -0.000328. The predicted molar refractivity (Wildman–Crippen MR) is 82.9 cm³/mol. The zero-order valence-electron chi connectivity index (χ0n) is 13.0. The molecule has 116 valence electrons. The SMILES string of the molecule is Cc1nn2ccccc2c1C(=O)O[C@H]1C[C@H]2CC[C@@H](C1)N2C. The Morgan fingerprint density at radius 3 is 2.73 bits per heavy atom. The summed E-state index contributed by atoms with van der Waals surface area (Å²) in [4.78, 5) is 15.1. The molecule has 2 fully saturated rings. The van der Waals surface area contributed by atoms with Crippen molar-refractivity contribution in [1.82, 2.24) is 14.5 Å². The van der Waals surface area contributed by atoms with Crippen molar-refractivity contribution < 1.29 is 9.53 Å². The Morgan fingerprint density at radius 1 is 1.27 bits per heavy atom. The normalized spacial score (nSPS) is 28.2. The molecule has 2 bridgehead atoms. The fraction of sp³-hybridized carbons (Fsp3) is 0.529. The molecule has 3 atom stereocenters. The van der Waals surface area contributed by atoms with Crippen molar-refractivity contribution in [1.29, 1.82) is 0 Å². The van der Waals surface area contributed by atoms with Crippen LogP contribution in [0.15, 0.2) is 24.4 Å². The maximum Gasteiger partial charge on any atom is 0.342 e. The number of nitrogens with zero attached hydrogens (tertiary/aromatic N) is 3. The highest BCUT2D eigenvalue weighted by molar-refractivity contribution is 5.98. The third kappa shape index (κ3) is 2.11. The number of hydrogen-bond donors (Lipinski definition) is 0. The van der Waals surface area contributed by atoms with Gasteiger partial charge in [0.05, 0.1) is 11.2 Å². The monoisotopic (exact) mass is 299 g/mol. The van der Waals surface area contributed by atoms with Crippen molar-refractivity contribution >= 4 is 11.5 Å². The lowest BCUT2D eigenvalue weighted by atomic mass is 10.0. The largest absolute Gasteiger partial charge is 0.459 e. The van der Waals surface area contributed by atoms with E-state index in [-0.39, 0.29) is 12.1 Å². The minimum atomic E-state index is -0.229. The van der Waals surface area contributed by atoms with Gasteiger partial charge in [-0.1, -0.05) is 6.07 Å². The van der Waals surface area contributed by atoms with Gasteiger partial charge in [0, 0.05) is 31.1 Å². The highest BCUT2D eigenvalue weighted by Crippen LogP contribution is 2.35. The number of piperidine rings is 1. The van der Waals surface area contributed by atoms with Crippen LogP contribution in [0, 0.1) is 6.92 Å². The van der Waals surface area contributed by atoms with Gasteiger partial charge in [0.15, 0.2) is 0 Å². The molecule has 0 aromatic carbocycles. The van der Waals surface area contributed by atoms with Gasteiger partial charge in [-0.25, -0.2) is 9.31 Å². The van der Waals surface area contributed by atoms with Gasteiger partial charge in [0.1, 0.15) is 11.7 Å². The van der Waals surface area contributed by atoms with E-state index in [1.54, 1.807) is 4.52 Å². The van der Waals surface area contributed by atoms with Crippen LogP contribution in [-0.4, -0.2) is 45.7 Å². The summed E-state index contributed by atoms with van der Waals surface area (Å²) < 4.78 is 7.58. The first-order valence-electron chi connectivity index (χ1n) is 8.00. The molecule has 0 spiro atoms. The van der Waals surface area contributed by atoms with Crippen LogP contribution in [0.1, 0.15) is 41.7 Å². The zero-order valence-corrected chi connectivity index (χ0v) is 13.0. The van der Waals surface area contributed by atoms with E-state index < -0.39 is 0 Å². The van der Waals surface area contributed by atoms with Gasteiger partial charge in [0.25, 0.3) is 0 Å². The van der Waals surface area contributed by atoms with Crippen LogP contribution >= 0.6 is 0 Å². The minimum absolute atomic E-state index is 0.0410. The Labute approximate surface area is 129 Å². The number of hydrogen-bond acceptors (Lipinski definition) is 4. The van der Waals surface area contributed by atoms with Gasteiger partial charge in [-0.15, -0.1) is 0 Å². The van der Waals surface area contributed by atoms with Crippen LogP contribution in [0.3, 0.4) is 0 Å². The summed E-state index contributed by atoms with van der Waals surface area (Å²) in [6.45, 7) is 1.86. The van der Waals surface area contributed by atoms with Gasteiger partial charge in [-0.05, 0) is 38.9 Å². The fourth-order valence-corrected chi connectivity index (χ4v) is 4.04. The van der Waals surface area contributed by atoms with E-state index in [9.17, 15) is 4.79 Å². The van der Waals surface area contributed by atoms with Crippen molar-refractivity contribution in [2.24, 2.45) is 0 Å². The Balaban J connectivity index is 1.56. The summed E-state index contributed by atoms with van der Waals surface area (Å²) in [6.07, 6.45) is 6.26. The minimum Gasteiger partial charge on any atom is -0.459 e. The first-order valence-corrected chi connectivity index (χ1v) is 8.00. The topological polar surface area (TPSA) is 46.8 Å². The molecule has 0 radical (unpaired) electrons. The third-order valence-electron chi connectivity index (χ3n) is 5.25. The Hall–Kier alpha value is -1.88. The molecule has 5 nitrogen and oxygen atoms in total. The molecule has 2 aromatic heterocycles. The Morgan fingerprint density at radius 2 is 2.00 bits per heavy atom. The molecule has 0 N–H and O–H groups in total. The molecule has 4 heterocycles. The van der Waals surface area contributed by atoms with Crippen molar-refractivity contribution in [3.8, 4) is 0 Å². The number of esters is 1. The number of fused-ring (bicyclic) bond motifs is 3. The van der Waals surface area contributed by atoms with Crippen LogP contribution in [0.4, 0.5) is 0 Å². The van der Waals surface area contributed by atoms with E-state index in [4.69, 9.17) is 4.74 Å². The number of aryl methyl sites for hydroxylation is 1. The molecule has 0 aliphatic carbocycles. The van der Waals surface area contributed by atoms with Gasteiger partial charge in [-0.3, -0.25) is 0 Å². The number of carbonyl (C=O) groups excluding carboxylic acids is 1. The number of ether oxygens (including phenoxy) is 1. The number of rotatable bonds is 2. The Kier molecular flexibility index (Phi) is 3.18. The van der Waals surface area contributed by atoms with Gasteiger partial charge >= 0.3 is 5.97 Å². The molecule has 0 unspecified atom stereocenters. The first-order chi connectivity index (χ1) is 10.6. The molecule has 2 aliphatic heterocycles. The van der Waals surface area contributed by atoms with Crippen LogP contribution < -0.4 is 0 Å². The number of carbonyl (C=O) groups is 1. The maximum absolute atomic E-state index is 12.6. The lowest BCUT2D eigenvalue weighted by Gasteiger charge is -2.35. The molecule has 4 rings (SSSR count). The molecule has 2 aliphatic rings. The lowest BCUT2D eigenvalue weighted by Crippen LogP contribution is -2.43. The summed E-state index contributed by atoms with van der Waals surface area (Å²) in [7, 11) is 2.19. The summed E-state index contributed by atoms with van der Waals surface area (Å²) in [6, 6.07) is 6.88. The van der Waals surface area contributed by atoms with E-state index in [1.165, 1.54) is 12.8 Å². The summed E-state index contributed by atoms with van der Waals surface area (Å²) >= 11 is 0. The molecule has 0 amide bonds. The third-order valence-corrected chi connectivity index (χ3v) is 5.25. The average molecular weight is 299 g/mol.